The minimum Gasteiger partial charge on any atom is -0.396 e. The third kappa shape index (κ3) is 3.84. The fourth-order valence-electron chi connectivity index (χ4n) is 1.75. The summed E-state index contributed by atoms with van der Waals surface area (Å²) in [6, 6.07) is 0. The van der Waals surface area contributed by atoms with Crippen molar-refractivity contribution in [2.75, 3.05) is 23.8 Å². The molecule has 102 valence electrons. The van der Waals surface area contributed by atoms with Crippen LogP contribution in [0.1, 0.15) is 38.6 Å². The molecule has 0 unspecified atom stereocenters. The molecule has 0 saturated carbocycles. The van der Waals surface area contributed by atoms with Gasteiger partial charge in [0.2, 0.25) is 0 Å². The number of rotatable bonds is 6. The second-order valence-electron chi connectivity index (χ2n) is 5.11. The van der Waals surface area contributed by atoms with E-state index in [1.807, 2.05) is 34.6 Å². The third-order valence-corrected chi connectivity index (χ3v) is 2.80. The molecule has 0 aliphatic carbocycles. The van der Waals surface area contributed by atoms with Crippen molar-refractivity contribution in [3.8, 4) is 0 Å². The van der Waals surface area contributed by atoms with Gasteiger partial charge in [0.15, 0.2) is 0 Å². The van der Waals surface area contributed by atoms with Crippen LogP contribution in [0, 0.1) is 13.8 Å². The maximum Gasteiger partial charge on any atom is 0.135 e. The predicted octanol–water partition coefficient (Wildman–Crippen LogP) is 2.10. The molecular weight excluding hydrogens is 228 g/mol. The van der Waals surface area contributed by atoms with Crippen molar-refractivity contribution in [3.63, 3.8) is 0 Å². The summed E-state index contributed by atoms with van der Waals surface area (Å²) in [5.41, 5.74) is 0.817. The number of anilines is 2. The Morgan fingerprint density at radius 2 is 1.78 bits per heavy atom. The van der Waals surface area contributed by atoms with Gasteiger partial charge in [0.25, 0.3) is 0 Å². The van der Waals surface area contributed by atoms with Gasteiger partial charge in [-0.2, -0.15) is 0 Å². The Hall–Kier alpha value is -1.36. The van der Waals surface area contributed by atoms with Crippen molar-refractivity contribution in [1.29, 1.82) is 0 Å². The summed E-state index contributed by atoms with van der Waals surface area (Å²) < 4.78 is 0. The number of aliphatic hydroxyl groups is 1. The summed E-state index contributed by atoms with van der Waals surface area (Å²) in [7, 11) is 0. The van der Waals surface area contributed by atoms with Crippen LogP contribution in [0.3, 0.4) is 0 Å². The van der Waals surface area contributed by atoms with Crippen LogP contribution in [0.4, 0.5) is 11.6 Å². The van der Waals surface area contributed by atoms with E-state index in [4.69, 9.17) is 5.11 Å². The van der Waals surface area contributed by atoms with Gasteiger partial charge in [0.1, 0.15) is 17.5 Å². The van der Waals surface area contributed by atoms with Crippen LogP contribution in [0.5, 0.6) is 0 Å². The molecule has 0 saturated heterocycles. The summed E-state index contributed by atoms with van der Waals surface area (Å²) in [6.45, 7) is 11.0. The third-order valence-electron chi connectivity index (χ3n) is 2.80. The first-order chi connectivity index (χ1) is 8.39. The first kappa shape index (κ1) is 14.7. The maximum atomic E-state index is 9.06. The van der Waals surface area contributed by atoms with Gasteiger partial charge >= 0.3 is 0 Å². The van der Waals surface area contributed by atoms with Gasteiger partial charge in [-0.25, -0.2) is 9.97 Å². The van der Waals surface area contributed by atoms with E-state index in [2.05, 4.69) is 20.6 Å². The normalized spacial score (nSPS) is 11.4. The van der Waals surface area contributed by atoms with Crippen molar-refractivity contribution < 1.29 is 5.11 Å². The molecule has 0 amide bonds. The van der Waals surface area contributed by atoms with Crippen LogP contribution < -0.4 is 10.6 Å². The maximum absolute atomic E-state index is 9.06. The minimum absolute atomic E-state index is 0.156. The SMILES string of the molecule is CCNc1nc(C)nc(NC(C)(C)CCO)c1C. The van der Waals surface area contributed by atoms with Gasteiger partial charge < -0.3 is 15.7 Å². The standard InChI is InChI=1S/C13H24N4O/c1-6-14-11-9(2)12(16-10(3)15-11)17-13(4,5)7-8-18/h18H,6-8H2,1-5H3,(H2,14,15,16,17). The summed E-state index contributed by atoms with van der Waals surface area (Å²) in [6.07, 6.45) is 0.673. The molecule has 0 fully saturated rings. The molecule has 1 aromatic rings. The number of aromatic nitrogens is 2. The first-order valence-corrected chi connectivity index (χ1v) is 6.37. The lowest BCUT2D eigenvalue weighted by Gasteiger charge is -2.27. The van der Waals surface area contributed by atoms with Crippen LogP contribution in [0.2, 0.25) is 0 Å². The number of aryl methyl sites for hydroxylation is 1. The summed E-state index contributed by atoms with van der Waals surface area (Å²) in [5.74, 6) is 2.43. The highest BCUT2D eigenvalue weighted by Gasteiger charge is 2.19. The van der Waals surface area contributed by atoms with Crippen molar-refractivity contribution in [2.24, 2.45) is 0 Å². The lowest BCUT2D eigenvalue weighted by Crippen LogP contribution is -2.33. The van der Waals surface area contributed by atoms with Crippen molar-refractivity contribution in [3.05, 3.63) is 11.4 Å². The molecule has 0 spiro atoms. The number of nitrogens with zero attached hydrogens (tertiary/aromatic N) is 2. The van der Waals surface area contributed by atoms with Gasteiger partial charge in [-0.15, -0.1) is 0 Å². The van der Waals surface area contributed by atoms with Gasteiger partial charge in [-0.3, -0.25) is 0 Å². The van der Waals surface area contributed by atoms with Crippen LogP contribution in [-0.4, -0.2) is 33.8 Å². The Morgan fingerprint density at radius 1 is 1.17 bits per heavy atom. The molecule has 0 atom stereocenters. The summed E-state index contributed by atoms with van der Waals surface area (Å²) >= 11 is 0. The highest BCUT2D eigenvalue weighted by Crippen LogP contribution is 2.24. The Labute approximate surface area is 109 Å². The van der Waals surface area contributed by atoms with E-state index in [9.17, 15) is 0 Å². The molecular formula is C13H24N4O. The average molecular weight is 252 g/mol. The van der Waals surface area contributed by atoms with Crippen molar-refractivity contribution in [1.82, 2.24) is 9.97 Å². The van der Waals surface area contributed by atoms with Crippen LogP contribution in [-0.2, 0) is 0 Å². The van der Waals surface area contributed by atoms with E-state index in [-0.39, 0.29) is 12.1 Å². The highest BCUT2D eigenvalue weighted by molar-refractivity contribution is 5.58. The molecule has 1 rings (SSSR count). The topological polar surface area (TPSA) is 70.1 Å². The quantitative estimate of drug-likeness (QED) is 0.723. The van der Waals surface area contributed by atoms with E-state index in [0.29, 0.717) is 6.42 Å². The van der Waals surface area contributed by atoms with E-state index in [0.717, 1.165) is 29.6 Å². The number of nitrogens with one attached hydrogen (secondary N) is 2. The largest absolute Gasteiger partial charge is 0.396 e. The van der Waals surface area contributed by atoms with Crippen LogP contribution >= 0.6 is 0 Å². The molecule has 0 bridgehead atoms. The second kappa shape index (κ2) is 6.00. The van der Waals surface area contributed by atoms with Gasteiger partial charge in [-0.1, -0.05) is 0 Å². The molecule has 0 aliphatic heterocycles. The monoisotopic (exact) mass is 252 g/mol. The molecule has 1 aromatic heterocycles. The zero-order valence-corrected chi connectivity index (χ0v) is 12.0. The number of aliphatic hydroxyl groups excluding tert-OH is 1. The predicted molar refractivity (Wildman–Crippen MR) is 75.1 cm³/mol. The second-order valence-corrected chi connectivity index (χ2v) is 5.11. The van der Waals surface area contributed by atoms with Crippen LogP contribution in [0.25, 0.3) is 0 Å². The number of hydrogen-bond donors (Lipinski definition) is 3. The molecule has 18 heavy (non-hydrogen) atoms. The molecule has 1 heterocycles. The Kier molecular flexibility index (Phi) is 4.90. The van der Waals surface area contributed by atoms with Gasteiger partial charge in [-0.05, 0) is 41.0 Å². The van der Waals surface area contributed by atoms with Crippen molar-refractivity contribution >= 4 is 11.6 Å². The lowest BCUT2D eigenvalue weighted by molar-refractivity contribution is 0.260. The average Bonchev–Trinajstić information content (AvgIpc) is 2.24. The number of hydrogen-bond acceptors (Lipinski definition) is 5. The van der Waals surface area contributed by atoms with E-state index in [1.54, 1.807) is 0 Å². The Morgan fingerprint density at radius 3 is 2.33 bits per heavy atom. The summed E-state index contributed by atoms with van der Waals surface area (Å²) in [4.78, 5) is 8.83. The molecule has 0 aromatic carbocycles. The molecule has 0 radical (unpaired) electrons. The molecule has 3 N–H and O–H groups in total. The Bertz CT molecular complexity index is 404. The molecule has 0 aliphatic rings. The fraction of sp³-hybridized carbons (Fsp3) is 0.692. The smallest absolute Gasteiger partial charge is 0.135 e. The van der Waals surface area contributed by atoms with E-state index < -0.39 is 0 Å². The first-order valence-electron chi connectivity index (χ1n) is 6.37. The lowest BCUT2D eigenvalue weighted by atomic mass is 10.0. The van der Waals surface area contributed by atoms with Gasteiger partial charge in [0.05, 0.1) is 0 Å². The van der Waals surface area contributed by atoms with Gasteiger partial charge in [0, 0.05) is 24.3 Å². The fourth-order valence-corrected chi connectivity index (χ4v) is 1.75. The molecule has 5 nitrogen and oxygen atoms in total. The minimum atomic E-state index is -0.191. The van der Waals surface area contributed by atoms with E-state index >= 15 is 0 Å². The zero-order chi connectivity index (χ0) is 13.8. The zero-order valence-electron chi connectivity index (χ0n) is 12.0. The summed E-state index contributed by atoms with van der Waals surface area (Å²) in [5, 5.41) is 15.7. The Balaban J connectivity index is 3.01. The highest BCUT2D eigenvalue weighted by atomic mass is 16.3. The molecule has 5 heteroatoms. The van der Waals surface area contributed by atoms with E-state index in [1.165, 1.54) is 0 Å². The van der Waals surface area contributed by atoms with Crippen molar-refractivity contribution in [2.45, 2.75) is 46.6 Å². The van der Waals surface area contributed by atoms with Crippen LogP contribution in [0.15, 0.2) is 0 Å².